The third-order valence-electron chi connectivity index (χ3n) is 13.7. The van der Waals surface area contributed by atoms with E-state index < -0.39 is 0 Å². The fourth-order valence-electron chi connectivity index (χ4n) is 11.6. The molecule has 5 heteroatoms. The first-order valence-electron chi connectivity index (χ1n) is 20.6. The topological polar surface area (TPSA) is 19.7 Å². The van der Waals surface area contributed by atoms with E-state index in [4.69, 9.17) is 0 Å². The van der Waals surface area contributed by atoms with Gasteiger partial charge in [-0.15, -0.1) is 0 Å². The lowest BCUT2D eigenvalue weighted by Crippen LogP contribution is -2.59. The van der Waals surface area contributed by atoms with Crippen LogP contribution in [-0.2, 0) is 0 Å². The van der Waals surface area contributed by atoms with Crippen molar-refractivity contribution in [3.8, 4) is 22.7 Å². The highest BCUT2D eigenvalue weighted by molar-refractivity contribution is 7.00. The van der Waals surface area contributed by atoms with Crippen LogP contribution in [0.1, 0.15) is 0 Å². The van der Waals surface area contributed by atoms with Gasteiger partial charge in [0.05, 0.1) is 33.1 Å². The second-order valence-corrected chi connectivity index (χ2v) is 16.4. The molecule has 0 spiro atoms. The van der Waals surface area contributed by atoms with Crippen molar-refractivity contribution in [2.45, 2.75) is 0 Å². The molecule has 0 N–H and O–H groups in total. The molecule has 4 nitrogen and oxygen atoms in total. The lowest BCUT2D eigenvalue weighted by atomic mass is 9.34. The molecule has 0 bridgehead atoms. The Morgan fingerprint density at radius 2 is 0.695 bits per heavy atom. The Morgan fingerprint density at radius 1 is 0.271 bits per heavy atom. The summed E-state index contributed by atoms with van der Waals surface area (Å²) in [6.07, 6.45) is 0. The molecule has 0 aliphatic carbocycles. The van der Waals surface area contributed by atoms with E-state index in [-0.39, 0.29) is 6.71 Å². The van der Waals surface area contributed by atoms with Gasteiger partial charge in [0, 0.05) is 76.9 Å². The largest absolute Gasteiger partial charge is 0.310 e. The Hall–Kier alpha value is -7.76. The summed E-state index contributed by atoms with van der Waals surface area (Å²) in [5, 5.41) is 10.3. The lowest BCUT2D eigenvalue weighted by molar-refractivity contribution is 1.14. The molecule has 6 heterocycles. The van der Waals surface area contributed by atoms with Crippen LogP contribution in [0.2, 0.25) is 0 Å². The van der Waals surface area contributed by atoms with Crippen molar-refractivity contribution in [2.24, 2.45) is 0 Å². The zero-order valence-electron chi connectivity index (χ0n) is 31.8. The summed E-state index contributed by atoms with van der Waals surface area (Å²) in [4.78, 5) is 0. The van der Waals surface area contributed by atoms with Crippen molar-refractivity contribution in [1.82, 2.24) is 18.3 Å². The van der Waals surface area contributed by atoms with Gasteiger partial charge in [0.15, 0.2) is 0 Å². The molecule has 2 aliphatic heterocycles. The minimum Gasteiger partial charge on any atom is -0.310 e. The zero-order chi connectivity index (χ0) is 38.1. The second-order valence-electron chi connectivity index (χ2n) is 16.4. The van der Waals surface area contributed by atoms with Crippen LogP contribution in [0.4, 0.5) is 0 Å². The van der Waals surface area contributed by atoms with Gasteiger partial charge in [-0.05, 0) is 77.1 Å². The first-order chi connectivity index (χ1) is 29.3. The van der Waals surface area contributed by atoms with E-state index in [9.17, 15) is 0 Å². The van der Waals surface area contributed by atoms with Crippen LogP contribution in [0.3, 0.4) is 0 Å². The van der Waals surface area contributed by atoms with Crippen molar-refractivity contribution in [1.29, 1.82) is 0 Å². The van der Waals surface area contributed by atoms with Gasteiger partial charge >= 0.3 is 0 Å². The first kappa shape index (κ1) is 30.4. The van der Waals surface area contributed by atoms with Crippen molar-refractivity contribution < 1.29 is 0 Å². The average Bonchev–Trinajstić information content (AvgIpc) is 4.03. The maximum Gasteiger partial charge on any atom is 0.252 e. The molecule has 0 fully saturated rings. The molecule has 15 rings (SSSR count). The van der Waals surface area contributed by atoms with E-state index >= 15 is 0 Å². The third kappa shape index (κ3) is 3.52. The molecule has 0 atom stereocenters. The second kappa shape index (κ2) is 10.6. The van der Waals surface area contributed by atoms with Crippen LogP contribution in [0.25, 0.3) is 110 Å². The van der Waals surface area contributed by atoms with E-state index in [1.807, 2.05) is 0 Å². The number of hydrogen-bond donors (Lipinski definition) is 0. The molecule has 0 radical (unpaired) electrons. The van der Waals surface area contributed by atoms with Gasteiger partial charge in [-0.3, -0.25) is 0 Å². The zero-order valence-corrected chi connectivity index (χ0v) is 31.8. The van der Waals surface area contributed by atoms with Crippen LogP contribution >= 0.6 is 0 Å². The van der Waals surface area contributed by atoms with Crippen LogP contribution < -0.4 is 16.4 Å². The van der Waals surface area contributed by atoms with E-state index in [0.29, 0.717) is 0 Å². The Bertz CT molecular complexity index is 3750. The summed E-state index contributed by atoms with van der Waals surface area (Å²) in [6.45, 7) is 0.0770. The minimum absolute atomic E-state index is 0.0770. The van der Waals surface area contributed by atoms with Crippen molar-refractivity contribution in [2.75, 3.05) is 0 Å². The van der Waals surface area contributed by atoms with Crippen LogP contribution in [0, 0.1) is 0 Å². The normalized spacial score (nSPS) is 13.1. The molecule has 0 saturated carbocycles. The summed E-state index contributed by atoms with van der Waals surface area (Å²) in [5.41, 5.74) is 19.0. The monoisotopic (exact) mass is 746 g/mol. The van der Waals surface area contributed by atoms with Crippen LogP contribution in [0.5, 0.6) is 0 Å². The first-order valence-corrected chi connectivity index (χ1v) is 20.6. The highest BCUT2D eigenvalue weighted by Crippen LogP contribution is 2.46. The summed E-state index contributed by atoms with van der Waals surface area (Å²) in [7, 11) is 0. The van der Waals surface area contributed by atoms with Gasteiger partial charge < -0.3 is 18.3 Å². The molecule has 4 aromatic heterocycles. The number of nitrogens with zero attached hydrogens (tertiary/aromatic N) is 4. The SMILES string of the molecule is c1ccc(-n2c3ccccc3c3ccc4c(c5cccc6c5n4-c4cccc5c4B6c4cccc6c7c(ccc8c9ccccc9n(-c9ccccc9)c87)n-5c46)c32)cc1. The summed E-state index contributed by atoms with van der Waals surface area (Å²) in [6, 6.07) is 70.1. The number of fused-ring (bicyclic) bond motifs is 18. The van der Waals surface area contributed by atoms with E-state index in [1.165, 1.54) is 126 Å². The van der Waals surface area contributed by atoms with Gasteiger partial charge in [0.2, 0.25) is 0 Å². The molecule has 0 saturated heterocycles. The lowest BCUT2D eigenvalue weighted by Gasteiger charge is -2.33. The number of para-hydroxylation sites is 6. The molecule has 270 valence electrons. The highest BCUT2D eigenvalue weighted by atomic mass is 15.1. The molecule has 0 unspecified atom stereocenters. The Kier molecular flexibility index (Phi) is 5.46. The maximum atomic E-state index is 2.59. The third-order valence-corrected chi connectivity index (χ3v) is 13.7. The van der Waals surface area contributed by atoms with Gasteiger partial charge in [-0.2, -0.15) is 0 Å². The minimum atomic E-state index is 0.0770. The molecule has 0 amide bonds. The number of rotatable bonds is 2. The predicted molar refractivity (Wildman–Crippen MR) is 248 cm³/mol. The molecular formula is C54H31BN4. The van der Waals surface area contributed by atoms with Gasteiger partial charge in [-0.1, -0.05) is 127 Å². The van der Waals surface area contributed by atoms with Crippen molar-refractivity contribution >= 4 is 110 Å². The Balaban J connectivity index is 1.10. The molecule has 59 heavy (non-hydrogen) atoms. The quantitative estimate of drug-likeness (QED) is 0.157. The standard InChI is InChI=1S/C54H31BN4/c1-3-14-32(15-4-1)56-42-24-9-7-18-34(42)36-28-30-44-48(53(36)56)38-20-11-22-40-51(38)58(44)46-26-13-27-47-50(46)55(40)41-23-12-21-39-49-45(59(47)52(39)41)31-29-37-35-19-8-10-25-43(35)57(54(37)49)33-16-5-2-6-17-33/h1-31H. The smallest absolute Gasteiger partial charge is 0.252 e. The van der Waals surface area contributed by atoms with Crippen molar-refractivity contribution in [3.63, 3.8) is 0 Å². The fraction of sp³-hybridized carbons (Fsp3) is 0. The summed E-state index contributed by atoms with van der Waals surface area (Å²) < 4.78 is 10.2. The van der Waals surface area contributed by atoms with Gasteiger partial charge in [-0.25, -0.2) is 0 Å². The number of hydrogen-bond acceptors (Lipinski definition) is 0. The van der Waals surface area contributed by atoms with E-state index in [1.54, 1.807) is 0 Å². The molecule has 13 aromatic rings. The summed E-state index contributed by atoms with van der Waals surface area (Å²) >= 11 is 0. The Morgan fingerprint density at radius 3 is 1.19 bits per heavy atom. The molecule has 2 aliphatic rings. The number of benzene rings is 9. The Labute approximate surface area is 338 Å². The fourth-order valence-corrected chi connectivity index (χ4v) is 11.6. The van der Waals surface area contributed by atoms with Gasteiger partial charge in [0.25, 0.3) is 6.71 Å². The van der Waals surface area contributed by atoms with Crippen molar-refractivity contribution in [3.05, 3.63) is 188 Å². The number of aromatic nitrogens is 4. The van der Waals surface area contributed by atoms with Gasteiger partial charge in [0.1, 0.15) is 0 Å². The highest BCUT2D eigenvalue weighted by Gasteiger charge is 2.41. The predicted octanol–water partition coefficient (Wildman–Crippen LogP) is 11.2. The average molecular weight is 747 g/mol. The summed E-state index contributed by atoms with van der Waals surface area (Å²) in [5.74, 6) is 0. The maximum absolute atomic E-state index is 2.59. The van der Waals surface area contributed by atoms with Crippen LogP contribution in [-0.4, -0.2) is 25.0 Å². The van der Waals surface area contributed by atoms with E-state index in [0.717, 1.165) is 0 Å². The van der Waals surface area contributed by atoms with Crippen LogP contribution in [0.15, 0.2) is 188 Å². The molecule has 9 aromatic carbocycles. The van der Waals surface area contributed by atoms with E-state index in [2.05, 4.69) is 206 Å². The molecular weight excluding hydrogens is 715 g/mol.